The number of benzene rings is 5. The van der Waals surface area contributed by atoms with E-state index in [4.69, 9.17) is 0 Å². The van der Waals surface area contributed by atoms with Crippen LogP contribution in [0.15, 0.2) is 157 Å². The Bertz CT molecular complexity index is 2190. The van der Waals surface area contributed by atoms with Crippen LogP contribution in [0.2, 0.25) is 0 Å². The molecule has 0 saturated carbocycles. The highest BCUT2D eigenvalue weighted by atomic mass is 15.2. The fourth-order valence-electron chi connectivity index (χ4n) is 8.80. The number of anilines is 4. The molecular formula is C48H44N2. The molecule has 5 aromatic carbocycles. The highest BCUT2D eigenvalue weighted by molar-refractivity contribution is 5.92. The van der Waals surface area contributed by atoms with E-state index >= 15 is 0 Å². The lowest BCUT2D eigenvalue weighted by Crippen LogP contribution is -2.22. The Morgan fingerprint density at radius 3 is 1.24 bits per heavy atom. The first-order valence-electron chi connectivity index (χ1n) is 18.2. The molecule has 0 heterocycles. The second kappa shape index (κ2) is 11.6. The molecule has 0 N–H and O–H groups in total. The normalized spacial score (nSPS) is 17.3. The molecule has 2 nitrogen and oxygen atoms in total. The molecule has 0 unspecified atom stereocenters. The predicted octanol–water partition coefficient (Wildman–Crippen LogP) is 13.0. The van der Waals surface area contributed by atoms with E-state index in [0.29, 0.717) is 0 Å². The minimum absolute atomic E-state index is 0.126. The van der Waals surface area contributed by atoms with Crippen molar-refractivity contribution >= 4 is 22.7 Å². The zero-order valence-corrected chi connectivity index (χ0v) is 29.6. The number of hydrogen-bond acceptors (Lipinski definition) is 2. The summed E-state index contributed by atoms with van der Waals surface area (Å²) in [5, 5.41) is 0. The van der Waals surface area contributed by atoms with Crippen molar-refractivity contribution in [2.75, 3.05) is 9.80 Å². The van der Waals surface area contributed by atoms with Crippen LogP contribution in [0.25, 0.3) is 22.3 Å². The zero-order chi connectivity index (χ0) is 34.0. The molecule has 4 aliphatic rings. The first-order valence-corrected chi connectivity index (χ1v) is 18.2. The van der Waals surface area contributed by atoms with E-state index in [1.807, 2.05) is 0 Å². The maximum Gasteiger partial charge on any atom is 0.0465 e. The summed E-state index contributed by atoms with van der Waals surface area (Å²) >= 11 is 0. The molecule has 246 valence electrons. The van der Waals surface area contributed by atoms with Crippen molar-refractivity contribution in [3.63, 3.8) is 0 Å². The van der Waals surface area contributed by atoms with Gasteiger partial charge in [-0.05, 0) is 143 Å². The Labute approximate surface area is 297 Å². The summed E-state index contributed by atoms with van der Waals surface area (Å²) in [6.07, 6.45) is 18.4. The monoisotopic (exact) mass is 648 g/mol. The van der Waals surface area contributed by atoms with Gasteiger partial charge in [0.25, 0.3) is 0 Å². The highest BCUT2D eigenvalue weighted by Gasteiger charge is 2.42. The average Bonchev–Trinajstić information content (AvgIpc) is 3.51. The van der Waals surface area contributed by atoms with Gasteiger partial charge in [-0.3, -0.25) is 0 Å². The summed E-state index contributed by atoms with van der Waals surface area (Å²) < 4.78 is 0. The van der Waals surface area contributed by atoms with Crippen LogP contribution in [0.1, 0.15) is 75.6 Å². The van der Waals surface area contributed by atoms with Crippen LogP contribution < -0.4 is 9.80 Å². The molecule has 0 fully saturated rings. The number of hydrogen-bond donors (Lipinski definition) is 0. The van der Waals surface area contributed by atoms with E-state index in [2.05, 4.69) is 183 Å². The van der Waals surface area contributed by atoms with E-state index in [9.17, 15) is 0 Å². The molecule has 50 heavy (non-hydrogen) atoms. The lowest BCUT2D eigenvalue weighted by atomic mass is 9.79. The lowest BCUT2D eigenvalue weighted by molar-refractivity contribution is 0.652. The van der Waals surface area contributed by atoms with Crippen LogP contribution in [0, 0.1) is 0 Å². The largest absolute Gasteiger partial charge is 0.311 e. The molecule has 0 atom stereocenters. The summed E-state index contributed by atoms with van der Waals surface area (Å²) in [5.41, 5.74) is 18.1. The van der Waals surface area contributed by atoms with Crippen LogP contribution in [0.3, 0.4) is 0 Å². The third kappa shape index (κ3) is 4.76. The van der Waals surface area contributed by atoms with E-state index in [1.165, 1.54) is 67.3 Å². The summed E-state index contributed by atoms with van der Waals surface area (Å²) in [7, 11) is 0. The maximum absolute atomic E-state index is 2.53. The van der Waals surface area contributed by atoms with Gasteiger partial charge in [-0.15, -0.1) is 0 Å². The molecule has 5 aromatic rings. The van der Waals surface area contributed by atoms with Gasteiger partial charge < -0.3 is 9.80 Å². The molecule has 0 bridgehead atoms. The van der Waals surface area contributed by atoms with Gasteiger partial charge in [0.2, 0.25) is 0 Å². The molecule has 0 aromatic heterocycles. The number of rotatable bonds is 6. The van der Waals surface area contributed by atoms with Crippen molar-refractivity contribution in [1.29, 1.82) is 0 Å². The van der Waals surface area contributed by atoms with Gasteiger partial charge in [0.1, 0.15) is 0 Å². The molecule has 0 saturated heterocycles. The van der Waals surface area contributed by atoms with Gasteiger partial charge >= 0.3 is 0 Å². The number of allylic oxidation sites excluding steroid dienone is 6. The van der Waals surface area contributed by atoms with Gasteiger partial charge in [-0.1, -0.05) is 101 Å². The van der Waals surface area contributed by atoms with E-state index in [1.54, 1.807) is 0 Å². The van der Waals surface area contributed by atoms with E-state index in [-0.39, 0.29) is 10.8 Å². The fourth-order valence-corrected chi connectivity index (χ4v) is 8.80. The molecule has 4 aliphatic carbocycles. The minimum Gasteiger partial charge on any atom is -0.311 e. The number of nitrogens with zero attached hydrogens (tertiary/aromatic N) is 2. The second-order valence-electron chi connectivity index (χ2n) is 15.2. The van der Waals surface area contributed by atoms with Crippen LogP contribution in [0.5, 0.6) is 0 Å². The van der Waals surface area contributed by atoms with Crippen molar-refractivity contribution in [3.05, 3.63) is 179 Å². The highest BCUT2D eigenvalue weighted by Crippen LogP contribution is 2.57. The van der Waals surface area contributed by atoms with Crippen LogP contribution in [-0.4, -0.2) is 0 Å². The lowest BCUT2D eigenvalue weighted by Gasteiger charge is -2.31. The molecular weight excluding hydrogens is 605 g/mol. The first kappa shape index (κ1) is 30.7. The molecule has 0 amide bonds. The van der Waals surface area contributed by atoms with Crippen LogP contribution in [0.4, 0.5) is 22.7 Å². The van der Waals surface area contributed by atoms with Crippen LogP contribution in [-0.2, 0) is 10.8 Å². The van der Waals surface area contributed by atoms with Crippen molar-refractivity contribution in [1.82, 2.24) is 0 Å². The molecule has 2 heteroatoms. The van der Waals surface area contributed by atoms with Crippen molar-refractivity contribution < 1.29 is 0 Å². The summed E-state index contributed by atoms with van der Waals surface area (Å²) in [6, 6.07) is 40.8. The Balaban J connectivity index is 1.14. The van der Waals surface area contributed by atoms with Crippen molar-refractivity contribution in [2.24, 2.45) is 0 Å². The summed E-state index contributed by atoms with van der Waals surface area (Å²) in [5.74, 6) is 0. The molecule has 0 spiro atoms. The maximum atomic E-state index is 2.53. The average molecular weight is 649 g/mol. The quantitative estimate of drug-likeness (QED) is 0.181. The predicted molar refractivity (Wildman–Crippen MR) is 212 cm³/mol. The van der Waals surface area contributed by atoms with Gasteiger partial charge in [0.15, 0.2) is 0 Å². The first-order chi connectivity index (χ1) is 24.3. The third-order valence-corrected chi connectivity index (χ3v) is 11.5. The Kier molecular flexibility index (Phi) is 7.14. The molecule has 0 radical (unpaired) electrons. The Morgan fingerprint density at radius 2 is 0.820 bits per heavy atom. The third-order valence-electron chi connectivity index (χ3n) is 11.5. The minimum atomic E-state index is -0.141. The fraction of sp³-hybridized carbons (Fsp3) is 0.208. The topological polar surface area (TPSA) is 6.48 Å². The van der Waals surface area contributed by atoms with Crippen molar-refractivity contribution in [3.8, 4) is 22.3 Å². The smallest absolute Gasteiger partial charge is 0.0465 e. The molecule has 0 aliphatic heterocycles. The number of para-hydroxylation sites is 2. The number of fused-ring (bicyclic) bond motifs is 6. The summed E-state index contributed by atoms with van der Waals surface area (Å²) in [6.45, 7) is 9.64. The standard InChI is InChI=1S/C48H44N2/c1-47(2)43-29-37(49(33-17-9-5-10-18-33)34-19-11-6-12-20-34)25-27-39(43)41-32-46-42(31-45(41)47)40-28-26-38(30-44(40)48(46,3)4)50(35-21-13-7-14-22-35)36-23-15-8-16-24-36/h5-6,9-13,15,17-32H,7-8,14,16H2,1-4H3. The van der Waals surface area contributed by atoms with E-state index in [0.717, 1.165) is 37.1 Å². The van der Waals surface area contributed by atoms with Gasteiger partial charge in [0.05, 0.1) is 0 Å². The van der Waals surface area contributed by atoms with Gasteiger partial charge in [-0.25, -0.2) is 0 Å². The van der Waals surface area contributed by atoms with Crippen LogP contribution >= 0.6 is 0 Å². The van der Waals surface area contributed by atoms with Gasteiger partial charge in [0, 0.05) is 45.0 Å². The summed E-state index contributed by atoms with van der Waals surface area (Å²) in [4.78, 5) is 4.84. The van der Waals surface area contributed by atoms with Gasteiger partial charge in [-0.2, -0.15) is 0 Å². The Morgan fingerprint density at radius 1 is 0.400 bits per heavy atom. The zero-order valence-electron chi connectivity index (χ0n) is 29.6. The Hall–Kier alpha value is -5.34. The van der Waals surface area contributed by atoms with Crippen molar-refractivity contribution in [2.45, 2.75) is 64.2 Å². The van der Waals surface area contributed by atoms with E-state index < -0.39 is 0 Å². The SMILES string of the molecule is CC1(C)c2cc(N(C3=CCCC=C3)C3=CCCC=C3)ccc2-c2cc3c(cc21)-c1ccc(N(c2ccccc2)c2ccccc2)cc1C3(C)C. The second-order valence-corrected chi connectivity index (χ2v) is 15.2. The molecule has 9 rings (SSSR count).